The van der Waals surface area contributed by atoms with Crippen LogP contribution < -0.4 is 9.80 Å². The Morgan fingerprint density at radius 2 is 0.514 bits per heavy atom. The molecule has 0 saturated carbocycles. The van der Waals surface area contributed by atoms with E-state index in [-0.39, 0.29) is 0 Å². The summed E-state index contributed by atoms with van der Waals surface area (Å²) in [4.78, 5) is 16.5. The Hall–Kier alpha value is -9.64. The summed E-state index contributed by atoms with van der Waals surface area (Å²) in [6.45, 7) is 0. The van der Waals surface area contributed by atoms with Gasteiger partial charge in [-0.15, -0.1) is 0 Å². The predicted molar refractivity (Wildman–Crippen MR) is 305 cm³/mol. The van der Waals surface area contributed by atoms with E-state index in [9.17, 15) is 0 Å². The zero-order valence-corrected chi connectivity index (χ0v) is 39.2. The third-order valence-corrected chi connectivity index (χ3v) is 14.3. The van der Waals surface area contributed by atoms with Gasteiger partial charge in [0.1, 0.15) is 0 Å². The van der Waals surface area contributed by atoms with Gasteiger partial charge in [0.15, 0.2) is 0 Å². The first-order chi connectivity index (χ1) is 35.7. The molecule has 0 aliphatic carbocycles. The molecule has 0 amide bonds. The number of rotatable bonds is 8. The minimum absolute atomic E-state index is 0.838. The third kappa shape index (κ3) is 6.84. The van der Waals surface area contributed by atoms with Crippen molar-refractivity contribution in [3.8, 4) is 22.5 Å². The summed E-state index contributed by atoms with van der Waals surface area (Å²) in [5.74, 6) is 0. The Bertz CT molecular complexity index is 3950. The van der Waals surface area contributed by atoms with E-state index in [2.05, 4.69) is 277 Å². The zero-order chi connectivity index (χ0) is 47.5. The lowest BCUT2D eigenvalue weighted by Crippen LogP contribution is -2.11. The normalized spacial score (nSPS) is 11.6. The van der Waals surface area contributed by atoms with Crippen molar-refractivity contribution in [3.05, 3.63) is 267 Å². The molecule has 0 aliphatic heterocycles. The van der Waals surface area contributed by atoms with E-state index in [4.69, 9.17) is 9.97 Å². The second kappa shape index (κ2) is 17.1. The Kier molecular flexibility index (Phi) is 9.82. The first-order valence-corrected chi connectivity index (χ1v) is 24.6. The number of hydrogen-bond acceptors (Lipinski definition) is 4. The lowest BCUT2D eigenvalue weighted by molar-refractivity contribution is 1.30. The lowest BCUT2D eigenvalue weighted by Gasteiger charge is -2.29. The van der Waals surface area contributed by atoms with Crippen molar-refractivity contribution in [2.24, 2.45) is 0 Å². The van der Waals surface area contributed by atoms with Crippen LogP contribution in [-0.4, -0.2) is 9.97 Å². The van der Waals surface area contributed by atoms with Crippen LogP contribution in [0.5, 0.6) is 0 Å². The molecule has 14 rings (SSSR count). The zero-order valence-electron chi connectivity index (χ0n) is 39.2. The van der Waals surface area contributed by atoms with E-state index in [1.54, 1.807) is 0 Å². The van der Waals surface area contributed by atoms with E-state index < -0.39 is 0 Å². The van der Waals surface area contributed by atoms with Crippen molar-refractivity contribution in [3.63, 3.8) is 0 Å². The molecule has 72 heavy (non-hydrogen) atoms. The smallest absolute Gasteiger partial charge is 0.0980 e. The van der Waals surface area contributed by atoms with Gasteiger partial charge in [-0.25, -0.2) is 9.97 Å². The van der Waals surface area contributed by atoms with Crippen LogP contribution in [0.3, 0.4) is 0 Å². The fourth-order valence-electron chi connectivity index (χ4n) is 11.0. The van der Waals surface area contributed by atoms with Crippen LogP contribution in [0.15, 0.2) is 267 Å². The highest BCUT2D eigenvalue weighted by molar-refractivity contribution is 6.25. The van der Waals surface area contributed by atoms with E-state index in [0.717, 1.165) is 89.2 Å². The molecule has 0 fully saturated rings. The largest absolute Gasteiger partial charge is 0.309 e. The van der Waals surface area contributed by atoms with Crippen LogP contribution >= 0.6 is 0 Å². The van der Waals surface area contributed by atoms with Crippen LogP contribution in [0.4, 0.5) is 34.1 Å². The average molecular weight is 917 g/mol. The molecule has 0 unspecified atom stereocenters. The van der Waals surface area contributed by atoms with Gasteiger partial charge in [-0.2, -0.15) is 0 Å². The summed E-state index contributed by atoms with van der Waals surface area (Å²) in [6, 6.07) is 96.0. The highest BCUT2D eigenvalue weighted by atomic mass is 15.2. The molecular weight excluding hydrogens is 873 g/mol. The standard InChI is InChI=1S/C68H44N4/c1-3-23-49(24-4-1)65-66(50-25-5-2-6-26-50)70-68-60-44-52(72(63-37-17-29-47-21-9-13-33-55(47)63)64-38-18-30-48-22-10-14-34-56(48)64)40-42-58(60)57-41-39-51(43-59(57)67(68)69-65)71(61-35-15-27-45-19-7-11-31-53(45)61)62-36-16-28-46-20-8-12-32-54(46)62/h1-44H. The highest BCUT2D eigenvalue weighted by Gasteiger charge is 2.24. The van der Waals surface area contributed by atoms with Crippen molar-refractivity contribution in [2.75, 3.05) is 9.80 Å². The maximum absolute atomic E-state index is 5.82. The molecule has 0 aliphatic rings. The van der Waals surface area contributed by atoms with Crippen molar-refractivity contribution >= 4 is 110 Å². The number of benzene rings is 13. The van der Waals surface area contributed by atoms with Crippen LogP contribution in [0.2, 0.25) is 0 Å². The summed E-state index contributed by atoms with van der Waals surface area (Å²) < 4.78 is 0. The monoisotopic (exact) mass is 916 g/mol. The van der Waals surface area contributed by atoms with Gasteiger partial charge in [-0.05, 0) is 80.8 Å². The average Bonchev–Trinajstić information content (AvgIpc) is 3.45. The fourth-order valence-corrected chi connectivity index (χ4v) is 11.0. The molecule has 13 aromatic carbocycles. The third-order valence-electron chi connectivity index (χ3n) is 14.3. The molecule has 0 spiro atoms. The number of hydrogen-bond donors (Lipinski definition) is 0. The second-order valence-electron chi connectivity index (χ2n) is 18.5. The summed E-state index contributed by atoms with van der Waals surface area (Å²) >= 11 is 0. The maximum Gasteiger partial charge on any atom is 0.0980 e. The molecule has 1 aromatic heterocycles. The van der Waals surface area contributed by atoms with Crippen molar-refractivity contribution in [1.82, 2.24) is 9.97 Å². The van der Waals surface area contributed by atoms with E-state index in [1.165, 1.54) is 43.1 Å². The van der Waals surface area contributed by atoms with Gasteiger partial charge in [-0.3, -0.25) is 0 Å². The van der Waals surface area contributed by atoms with Crippen molar-refractivity contribution in [1.29, 1.82) is 0 Å². The Labute approximate surface area is 417 Å². The molecule has 4 heteroatoms. The van der Waals surface area contributed by atoms with Gasteiger partial charge in [0.05, 0.1) is 45.2 Å². The van der Waals surface area contributed by atoms with E-state index in [1.807, 2.05) is 0 Å². The van der Waals surface area contributed by atoms with Crippen LogP contribution in [0.25, 0.3) is 98.2 Å². The van der Waals surface area contributed by atoms with Gasteiger partial charge in [0.25, 0.3) is 0 Å². The fraction of sp³-hybridized carbons (Fsp3) is 0. The topological polar surface area (TPSA) is 32.3 Å². The van der Waals surface area contributed by atoms with Gasteiger partial charge < -0.3 is 9.80 Å². The minimum atomic E-state index is 0.838. The maximum atomic E-state index is 5.82. The number of aromatic nitrogens is 2. The van der Waals surface area contributed by atoms with E-state index >= 15 is 0 Å². The Morgan fingerprint density at radius 3 is 0.847 bits per heavy atom. The molecule has 14 aromatic rings. The van der Waals surface area contributed by atoms with Gasteiger partial charge in [-0.1, -0.05) is 218 Å². The molecule has 4 nitrogen and oxygen atoms in total. The summed E-state index contributed by atoms with van der Waals surface area (Å²) in [5.41, 5.74) is 11.8. The van der Waals surface area contributed by atoms with Crippen molar-refractivity contribution in [2.45, 2.75) is 0 Å². The highest BCUT2D eigenvalue weighted by Crippen LogP contribution is 2.48. The number of nitrogens with zero attached hydrogens (tertiary/aromatic N) is 4. The lowest BCUT2D eigenvalue weighted by atomic mass is 9.95. The predicted octanol–water partition coefficient (Wildman–Crippen LogP) is 18.8. The molecular formula is C68H44N4. The van der Waals surface area contributed by atoms with Crippen LogP contribution in [-0.2, 0) is 0 Å². The first-order valence-electron chi connectivity index (χ1n) is 24.6. The van der Waals surface area contributed by atoms with E-state index in [0.29, 0.717) is 0 Å². The molecule has 0 N–H and O–H groups in total. The molecule has 0 saturated heterocycles. The molecule has 1 heterocycles. The molecule has 336 valence electrons. The summed E-state index contributed by atoms with van der Waals surface area (Å²) in [5, 5.41) is 13.7. The SMILES string of the molecule is c1ccc(-c2nc3c4cc(N(c5cccc6ccccc56)c5cccc6ccccc56)ccc4c4ccc(N(c5cccc6ccccc56)c5cccc6ccccc56)cc4c3nc2-c2ccccc2)cc1. The van der Waals surface area contributed by atoms with Crippen molar-refractivity contribution < 1.29 is 0 Å². The second-order valence-corrected chi connectivity index (χ2v) is 18.5. The minimum Gasteiger partial charge on any atom is -0.309 e. The van der Waals surface area contributed by atoms with Gasteiger partial charge >= 0.3 is 0 Å². The number of anilines is 6. The van der Waals surface area contributed by atoms with Crippen LogP contribution in [0.1, 0.15) is 0 Å². The quantitative estimate of drug-likeness (QED) is 0.142. The molecule has 0 atom stereocenters. The first kappa shape index (κ1) is 41.3. The van der Waals surface area contributed by atoms with Gasteiger partial charge in [0.2, 0.25) is 0 Å². The Morgan fingerprint density at radius 1 is 0.222 bits per heavy atom. The summed E-state index contributed by atoms with van der Waals surface area (Å²) in [6.07, 6.45) is 0. The number of fused-ring (bicyclic) bond motifs is 10. The van der Waals surface area contributed by atoms with Gasteiger partial charge in [0, 0.05) is 54.8 Å². The molecule has 0 bridgehead atoms. The summed E-state index contributed by atoms with van der Waals surface area (Å²) in [7, 11) is 0. The Balaban J connectivity index is 1.10. The molecule has 0 radical (unpaired) electrons. The van der Waals surface area contributed by atoms with Crippen LogP contribution in [0, 0.1) is 0 Å².